The molecule has 4 nitrogen and oxygen atoms in total. The van der Waals surface area contributed by atoms with Gasteiger partial charge in [0.15, 0.2) is 11.5 Å². The number of hydrogen-bond acceptors (Lipinski definition) is 4. The lowest BCUT2D eigenvalue weighted by atomic mass is 10.1. The van der Waals surface area contributed by atoms with Crippen molar-refractivity contribution in [3.63, 3.8) is 0 Å². The van der Waals surface area contributed by atoms with E-state index < -0.39 is 0 Å². The molecule has 0 aromatic heterocycles. The molecule has 0 radical (unpaired) electrons. The predicted molar refractivity (Wildman–Crippen MR) is 67.6 cm³/mol. The number of nitrogens with one attached hydrogen (secondary N) is 1. The van der Waals surface area contributed by atoms with Crippen LogP contribution in [-0.4, -0.2) is 32.0 Å². The Morgan fingerprint density at radius 1 is 1.24 bits per heavy atom. The van der Waals surface area contributed by atoms with E-state index in [0.717, 1.165) is 23.5 Å². The Kier molecular flexibility index (Phi) is 5.80. The van der Waals surface area contributed by atoms with Gasteiger partial charge in [0.2, 0.25) is 0 Å². The molecule has 1 atom stereocenters. The highest BCUT2D eigenvalue weighted by Gasteiger charge is 2.06. The maximum atomic E-state index is 9.08. The summed E-state index contributed by atoms with van der Waals surface area (Å²) in [5, 5.41) is 12.4. The fourth-order valence-corrected chi connectivity index (χ4v) is 1.59. The molecule has 1 unspecified atom stereocenters. The van der Waals surface area contributed by atoms with Crippen LogP contribution in [-0.2, 0) is 6.54 Å². The van der Waals surface area contributed by atoms with Crippen LogP contribution in [0.25, 0.3) is 0 Å². The summed E-state index contributed by atoms with van der Waals surface area (Å²) in [5.41, 5.74) is 1.11. The molecule has 4 heteroatoms. The highest BCUT2D eigenvalue weighted by Crippen LogP contribution is 2.27. The second-order valence-corrected chi connectivity index (χ2v) is 3.86. The summed E-state index contributed by atoms with van der Waals surface area (Å²) >= 11 is 0. The third-order valence-corrected chi connectivity index (χ3v) is 2.76. The Bertz CT molecular complexity index is 337. The molecule has 0 saturated heterocycles. The van der Waals surface area contributed by atoms with Crippen molar-refractivity contribution in [2.24, 2.45) is 0 Å². The van der Waals surface area contributed by atoms with Gasteiger partial charge in [0.1, 0.15) is 0 Å². The minimum atomic E-state index is 0.142. The maximum Gasteiger partial charge on any atom is 0.161 e. The van der Waals surface area contributed by atoms with E-state index in [1.165, 1.54) is 0 Å². The summed E-state index contributed by atoms with van der Waals surface area (Å²) in [7, 11) is 3.24. The molecule has 0 aliphatic rings. The van der Waals surface area contributed by atoms with E-state index in [0.29, 0.717) is 6.54 Å². The van der Waals surface area contributed by atoms with Crippen LogP contribution in [0.1, 0.15) is 18.9 Å². The van der Waals surface area contributed by atoms with Crippen molar-refractivity contribution in [3.8, 4) is 11.5 Å². The minimum Gasteiger partial charge on any atom is -0.493 e. The third kappa shape index (κ3) is 3.91. The lowest BCUT2D eigenvalue weighted by molar-refractivity contribution is 0.238. The van der Waals surface area contributed by atoms with Gasteiger partial charge in [-0.1, -0.05) is 13.0 Å². The number of rotatable bonds is 7. The van der Waals surface area contributed by atoms with Crippen molar-refractivity contribution >= 4 is 0 Å². The van der Waals surface area contributed by atoms with Crippen LogP contribution in [0.2, 0.25) is 0 Å². The van der Waals surface area contributed by atoms with Gasteiger partial charge in [-0.2, -0.15) is 0 Å². The highest BCUT2D eigenvalue weighted by atomic mass is 16.5. The SMILES string of the molecule is CCC(CO)NCc1ccc(OC)c(OC)c1. The number of aliphatic hydroxyl groups excluding tert-OH is 1. The summed E-state index contributed by atoms with van der Waals surface area (Å²) in [6.07, 6.45) is 0.907. The first-order chi connectivity index (χ1) is 8.24. The molecule has 0 fully saturated rings. The summed E-state index contributed by atoms with van der Waals surface area (Å²) in [5.74, 6) is 1.45. The Balaban J connectivity index is 2.66. The fraction of sp³-hybridized carbons (Fsp3) is 0.538. The van der Waals surface area contributed by atoms with Crippen molar-refractivity contribution in [2.75, 3.05) is 20.8 Å². The number of benzene rings is 1. The van der Waals surface area contributed by atoms with E-state index in [-0.39, 0.29) is 12.6 Å². The van der Waals surface area contributed by atoms with Crippen molar-refractivity contribution in [2.45, 2.75) is 25.9 Å². The van der Waals surface area contributed by atoms with E-state index in [4.69, 9.17) is 14.6 Å². The molecule has 1 aromatic rings. The topological polar surface area (TPSA) is 50.7 Å². The molecule has 96 valence electrons. The van der Waals surface area contributed by atoms with Gasteiger partial charge in [-0.15, -0.1) is 0 Å². The average Bonchev–Trinajstić information content (AvgIpc) is 2.39. The van der Waals surface area contributed by atoms with E-state index in [1.807, 2.05) is 25.1 Å². The largest absolute Gasteiger partial charge is 0.493 e. The Morgan fingerprint density at radius 3 is 2.47 bits per heavy atom. The summed E-state index contributed by atoms with van der Waals surface area (Å²) in [6.45, 7) is 2.91. The van der Waals surface area contributed by atoms with Crippen LogP contribution in [0.3, 0.4) is 0 Å². The molecule has 0 spiro atoms. The molecular weight excluding hydrogens is 218 g/mol. The van der Waals surface area contributed by atoms with Gasteiger partial charge in [-0.05, 0) is 24.1 Å². The number of ether oxygens (including phenoxy) is 2. The molecule has 0 saturated carbocycles. The van der Waals surface area contributed by atoms with Crippen LogP contribution < -0.4 is 14.8 Å². The fourth-order valence-electron chi connectivity index (χ4n) is 1.59. The quantitative estimate of drug-likeness (QED) is 0.758. The van der Waals surface area contributed by atoms with Gasteiger partial charge in [-0.25, -0.2) is 0 Å². The normalized spacial score (nSPS) is 12.2. The molecule has 0 bridgehead atoms. The van der Waals surface area contributed by atoms with Crippen LogP contribution in [0.15, 0.2) is 18.2 Å². The number of aliphatic hydroxyl groups is 1. The number of methoxy groups -OCH3 is 2. The first-order valence-corrected chi connectivity index (χ1v) is 5.80. The first-order valence-electron chi connectivity index (χ1n) is 5.80. The molecule has 0 aliphatic carbocycles. The van der Waals surface area contributed by atoms with Gasteiger partial charge < -0.3 is 19.9 Å². The Hall–Kier alpha value is -1.26. The third-order valence-electron chi connectivity index (χ3n) is 2.76. The second-order valence-electron chi connectivity index (χ2n) is 3.86. The molecule has 1 aromatic carbocycles. The summed E-state index contributed by atoms with van der Waals surface area (Å²) in [6, 6.07) is 5.95. The zero-order valence-corrected chi connectivity index (χ0v) is 10.7. The van der Waals surface area contributed by atoms with Gasteiger partial charge in [0, 0.05) is 12.6 Å². The van der Waals surface area contributed by atoms with E-state index >= 15 is 0 Å². The molecule has 0 amide bonds. The molecule has 1 rings (SSSR count). The van der Waals surface area contributed by atoms with Gasteiger partial charge in [-0.3, -0.25) is 0 Å². The Morgan fingerprint density at radius 2 is 1.94 bits per heavy atom. The van der Waals surface area contributed by atoms with E-state index in [2.05, 4.69) is 5.32 Å². The maximum absolute atomic E-state index is 9.08. The molecular formula is C13H21NO3. The van der Waals surface area contributed by atoms with Crippen LogP contribution in [0.5, 0.6) is 11.5 Å². The van der Waals surface area contributed by atoms with Crippen molar-refractivity contribution in [1.82, 2.24) is 5.32 Å². The molecule has 2 N–H and O–H groups in total. The number of hydrogen-bond donors (Lipinski definition) is 2. The van der Waals surface area contributed by atoms with Gasteiger partial charge in [0.25, 0.3) is 0 Å². The van der Waals surface area contributed by atoms with Crippen LogP contribution in [0, 0.1) is 0 Å². The monoisotopic (exact) mass is 239 g/mol. The standard InChI is InChI=1S/C13H21NO3/c1-4-11(9-15)14-8-10-5-6-12(16-2)13(7-10)17-3/h5-7,11,14-15H,4,8-9H2,1-3H3. The molecule has 0 heterocycles. The smallest absolute Gasteiger partial charge is 0.161 e. The highest BCUT2D eigenvalue weighted by molar-refractivity contribution is 5.42. The zero-order chi connectivity index (χ0) is 12.7. The van der Waals surface area contributed by atoms with Crippen molar-refractivity contribution < 1.29 is 14.6 Å². The summed E-state index contributed by atoms with van der Waals surface area (Å²) in [4.78, 5) is 0. The van der Waals surface area contributed by atoms with E-state index in [1.54, 1.807) is 14.2 Å². The molecule has 0 aliphatic heterocycles. The lowest BCUT2D eigenvalue weighted by Gasteiger charge is -2.15. The van der Waals surface area contributed by atoms with E-state index in [9.17, 15) is 0 Å². The first kappa shape index (κ1) is 13.8. The average molecular weight is 239 g/mol. The zero-order valence-electron chi connectivity index (χ0n) is 10.7. The lowest BCUT2D eigenvalue weighted by Crippen LogP contribution is -2.31. The predicted octanol–water partition coefficient (Wildman–Crippen LogP) is 1.56. The second kappa shape index (κ2) is 7.14. The van der Waals surface area contributed by atoms with Crippen molar-refractivity contribution in [3.05, 3.63) is 23.8 Å². The van der Waals surface area contributed by atoms with Gasteiger partial charge in [0.05, 0.1) is 20.8 Å². The van der Waals surface area contributed by atoms with Crippen LogP contribution in [0.4, 0.5) is 0 Å². The minimum absolute atomic E-state index is 0.142. The molecule has 17 heavy (non-hydrogen) atoms. The van der Waals surface area contributed by atoms with Crippen molar-refractivity contribution in [1.29, 1.82) is 0 Å². The van der Waals surface area contributed by atoms with Gasteiger partial charge >= 0.3 is 0 Å². The summed E-state index contributed by atoms with van der Waals surface area (Å²) < 4.78 is 10.4. The van der Waals surface area contributed by atoms with Crippen LogP contribution >= 0.6 is 0 Å². The Labute approximate surface area is 103 Å².